The molecule has 1 aliphatic heterocycles. The number of hydrogen-bond donors (Lipinski definition) is 1. The van der Waals surface area contributed by atoms with Crippen LogP contribution in [-0.2, 0) is 16.8 Å². The van der Waals surface area contributed by atoms with Gasteiger partial charge in [-0.15, -0.1) is 5.10 Å². The molecule has 2 aliphatic rings. The Balaban J connectivity index is 1.41. The Kier molecular flexibility index (Phi) is 5.00. The molecule has 0 unspecified atom stereocenters. The molecule has 0 radical (unpaired) electrons. The van der Waals surface area contributed by atoms with Crippen molar-refractivity contribution in [3.63, 3.8) is 0 Å². The summed E-state index contributed by atoms with van der Waals surface area (Å²) in [4.78, 5) is 32.2. The Labute approximate surface area is 182 Å². The van der Waals surface area contributed by atoms with E-state index >= 15 is 0 Å². The number of anilines is 1. The predicted molar refractivity (Wildman–Crippen MR) is 117 cm³/mol. The van der Waals surface area contributed by atoms with E-state index in [9.17, 15) is 14.0 Å². The average molecular weight is 442 g/mol. The summed E-state index contributed by atoms with van der Waals surface area (Å²) in [6, 6.07) is 9.68. The zero-order valence-corrected chi connectivity index (χ0v) is 18.1. The first-order valence-corrected chi connectivity index (χ1v) is 11.6. The van der Waals surface area contributed by atoms with Crippen LogP contribution in [0, 0.1) is 5.82 Å². The summed E-state index contributed by atoms with van der Waals surface area (Å²) >= 11 is 1.23. The fourth-order valence-electron chi connectivity index (χ4n) is 4.33. The van der Waals surface area contributed by atoms with Crippen LogP contribution in [0.1, 0.15) is 50.3 Å². The lowest BCUT2D eigenvalue weighted by Crippen LogP contribution is -2.47. The van der Waals surface area contributed by atoms with E-state index in [4.69, 9.17) is 0 Å². The number of carbonyl (C=O) groups is 1. The third kappa shape index (κ3) is 3.50. The second-order valence-corrected chi connectivity index (χ2v) is 9.23. The maximum atomic E-state index is 14.4. The van der Waals surface area contributed by atoms with Gasteiger partial charge in [0, 0.05) is 6.54 Å². The van der Waals surface area contributed by atoms with Crippen LogP contribution in [-0.4, -0.2) is 33.1 Å². The monoisotopic (exact) mass is 441 g/mol. The van der Waals surface area contributed by atoms with Crippen LogP contribution in [0.15, 0.2) is 35.1 Å². The number of carbonyl (C=O) groups excluding carboxylic acids is 1. The van der Waals surface area contributed by atoms with Gasteiger partial charge in [-0.1, -0.05) is 55.0 Å². The highest BCUT2D eigenvalue weighted by molar-refractivity contribution is 7.20. The van der Waals surface area contributed by atoms with Crippen LogP contribution in [0.5, 0.6) is 0 Å². The summed E-state index contributed by atoms with van der Waals surface area (Å²) < 4.78 is 15.4. The van der Waals surface area contributed by atoms with Crippen molar-refractivity contribution in [3.05, 3.63) is 57.8 Å². The van der Waals surface area contributed by atoms with E-state index in [2.05, 4.69) is 15.4 Å². The van der Waals surface area contributed by atoms with Gasteiger partial charge in [-0.05, 0) is 37.7 Å². The second kappa shape index (κ2) is 7.71. The van der Waals surface area contributed by atoms with Gasteiger partial charge in [-0.2, -0.15) is 8.91 Å². The van der Waals surface area contributed by atoms with Crippen molar-refractivity contribution in [1.29, 1.82) is 0 Å². The van der Waals surface area contributed by atoms with Crippen molar-refractivity contribution in [2.75, 3.05) is 11.4 Å². The molecule has 1 aliphatic carbocycles. The summed E-state index contributed by atoms with van der Waals surface area (Å²) in [5.41, 5.74) is 0.244. The SMILES string of the molecule is CCCc1nc2sc(N3CCC[C@@H]3C(=O)NC3(c4ccccc4)CC3)nn2c(=O)c1F. The van der Waals surface area contributed by atoms with Gasteiger partial charge in [0.15, 0.2) is 0 Å². The molecule has 2 fully saturated rings. The van der Waals surface area contributed by atoms with Gasteiger partial charge in [0.05, 0.1) is 11.2 Å². The van der Waals surface area contributed by atoms with Gasteiger partial charge >= 0.3 is 5.56 Å². The first kappa shape index (κ1) is 20.1. The van der Waals surface area contributed by atoms with Crippen LogP contribution in [0.4, 0.5) is 9.52 Å². The molecule has 3 aromatic rings. The second-order valence-electron chi connectivity index (χ2n) is 8.30. The molecule has 9 heteroatoms. The highest BCUT2D eigenvalue weighted by Crippen LogP contribution is 2.45. The zero-order valence-electron chi connectivity index (χ0n) is 17.3. The van der Waals surface area contributed by atoms with Gasteiger partial charge < -0.3 is 10.2 Å². The topological polar surface area (TPSA) is 79.6 Å². The molecule has 1 aromatic carbocycles. The molecule has 162 valence electrons. The number of amides is 1. The summed E-state index contributed by atoms with van der Waals surface area (Å²) in [7, 11) is 0. The van der Waals surface area contributed by atoms with E-state index < -0.39 is 11.4 Å². The van der Waals surface area contributed by atoms with Gasteiger partial charge in [0.1, 0.15) is 6.04 Å². The minimum absolute atomic E-state index is 0.0312. The van der Waals surface area contributed by atoms with Crippen LogP contribution in [0.25, 0.3) is 4.96 Å². The molecule has 1 saturated carbocycles. The Morgan fingerprint density at radius 2 is 2.10 bits per heavy atom. The van der Waals surface area contributed by atoms with Crippen LogP contribution < -0.4 is 15.8 Å². The molecule has 1 saturated heterocycles. The summed E-state index contributed by atoms with van der Waals surface area (Å²) in [5, 5.41) is 8.11. The number of aryl methyl sites for hydroxylation is 1. The van der Waals surface area contributed by atoms with Crippen molar-refractivity contribution in [3.8, 4) is 0 Å². The summed E-state index contributed by atoms with van der Waals surface area (Å²) in [6.45, 7) is 2.58. The van der Waals surface area contributed by atoms with Crippen molar-refractivity contribution in [2.24, 2.45) is 0 Å². The molecule has 0 bridgehead atoms. The van der Waals surface area contributed by atoms with E-state index in [0.29, 0.717) is 35.9 Å². The molecule has 2 aromatic heterocycles. The van der Waals surface area contributed by atoms with E-state index in [1.54, 1.807) is 0 Å². The number of halogens is 1. The van der Waals surface area contributed by atoms with Gasteiger partial charge in [0.25, 0.3) is 0 Å². The van der Waals surface area contributed by atoms with Crippen molar-refractivity contribution in [2.45, 2.75) is 57.0 Å². The molecule has 1 atom stereocenters. The highest BCUT2D eigenvalue weighted by atomic mass is 32.1. The van der Waals surface area contributed by atoms with E-state index in [1.807, 2.05) is 42.2 Å². The van der Waals surface area contributed by atoms with Crippen LogP contribution >= 0.6 is 11.3 Å². The molecular formula is C22H24FN5O2S. The van der Waals surface area contributed by atoms with Gasteiger partial charge in [0.2, 0.25) is 21.8 Å². The normalized spacial score (nSPS) is 19.7. The van der Waals surface area contributed by atoms with E-state index in [1.165, 1.54) is 11.3 Å². The minimum Gasteiger partial charge on any atom is -0.345 e. The fourth-order valence-corrected chi connectivity index (χ4v) is 5.32. The Morgan fingerprint density at radius 3 is 2.81 bits per heavy atom. The molecule has 5 rings (SSSR count). The lowest BCUT2D eigenvalue weighted by atomic mass is 10.0. The quantitative estimate of drug-likeness (QED) is 0.636. The Hall–Kier alpha value is -2.81. The molecule has 7 nitrogen and oxygen atoms in total. The smallest absolute Gasteiger partial charge is 0.311 e. The van der Waals surface area contributed by atoms with Crippen molar-refractivity contribution >= 4 is 27.3 Å². The number of rotatable bonds is 6. The zero-order chi connectivity index (χ0) is 21.6. The van der Waals surface area contributed by atoms with Gasteiger partial charge in [-0.3, -0.25) is 9.59 Å². The average Bonchev–Trinajstić information content (AvgIpc) is 3.20. The number of hydrogen-bond acceptors (Lipinski definition) is 6. The molecular weight excluding hydrogens is 417 g/mol. The number of benzene rings is 1. The number of aromatic nitrogens is 3. The number of nitrogens with one attached hydrogen (secondary N) is 1. The lowest BCUT2D eigenvalue weighted by molar-refractivity contribution is -0.123. The number of nitrogens with zero attached hydrogens (tertiary/aromatic N) is 4. The molecule has 0 spiro atoms. The third-order valence-corrected chi connectivity index (χ3v) is 7.09. The Bertz CT molecular complexity index is 1190. The van der Waals surface area contributed by atoms with Crippen LogP contribution in [0.3, 0.4) is 0 Å². The van der Waals surface area contributed by atoms with Crippen LogP contribution in [0.2, 0.25) is 0 Å². The largest absolute Gasteiger partial charge is 0.345 e. The molecule has 31 heavy (non-hydrogen) atoms. The first-order valence-electron chi connectivity index (χ1n) is 10.7. The van der Waals surface area contributed by atoms with Gasteiger partial charge in [-0.25, -0.2) is 4.98 Å². The fraction of sp³-hybridized carbons (Fsp3) is 0.455. The third-order valence-electron chi connectivity index (χ3n) is 6.14. The molecule has 3 heterocycles. The highest BCUT2D eigenvalue weighted by Gasteiger charge is 2.47. The molecule has 1 N–H and O–H groups in total. The summed E-state index contributed by atoms with van der Waals surface area (Å²) in [6.07, 6.45) is 4.52. The number of fused-ring (bicyclic) bond motifs is 1. The predicted octanol–water partition coefficient (Wildman–Crippen LogP) is 3.02. The van der Waals surface area contributed by atoms with E-state index in [-0.39, 0.29) is 23.2 Å². The van der Waals surface area contributed by atoms with Crippen molar-refractivity contribution < 1.29 is 9.18 Å². The minimum atomic E-state index is -0.842. The van der Waals surface area contributed by atoms with E-state index in [0.717, 1.165) is 29.3 Å². The Morgan fingerprint density at radius 1 is 1.32 bits per heavy atom. The maximum absolute atomic E-state index is 14.4. The van der Waals surface area contributed by atoms with Crippen molar-refractivity contribution in [1.82, 2.24) is 19.9 Å². The molecule has 1 amide bonds. The standard InChI is InChI=1S/C22H24FN5O2S/c1-2-7-15-17(23)19(30)28-20(24-15)31-21(26-28)27-13-6-10-16(27)18(29)25-22(11-12-22)14-8-4-3-5-9-14/h3-5,8-9,16H,2,6-7,10-13H2,1H3,(H,25,29)/t16-/m1/s1. The first-order chi connectivity index (χ1) is 15.0. The lowest BCUT2D eigenvalue weighted by Gasteiger charge is -2.26. The summed E-state index contributed by atoms with van der Waals surface area (Å²) in [5.74, 6) is -0.873. The maximum Gasteiger partial charge on any atom is 0.311 e.